The Balaban J connectivity index is 1.69. The minimum atomic E-state index is -0.812. The van der Waals surface area contributed by atoms with Crippen molar-refractivity contribution in [2.45, 2.75) is 46.4 Å². The van der Waals surface area contributed by atoms with E-state index in [0.717, 1.165) is 10.0 Å². The van der Waals surface area contributed by atoms with Crippen molar-refractivity contribution in [3.05, 3.63) is 118 Å². The fourth-order valence-electron chi connectivity index (χ4n) is 5.08. The fraction of sp³-hybridized carbons (Fsp3) is 0.265. The first-order valence-corrected chi connectivity index (χ1v) is 16.3. The highest BCUT2D eigenvalue weighted by atomic mass is 79.9. The number of esters is 1. The maximum atomic E-state index is 14.3. The van der Waals surface area contributed by atoms with Crippen molar-refractivity contribution in [2.75, 3.05) is 13.7 Å². The van der Waals surface area contributed by atoms with E-state index < -0.39 is 12.0 Å². The van der Waals surface area contributed by atoms with Crippen LogP contribution in [0.5, 0.6) is 17.2 Å². The second kappa shape index (κ2) is 14.1. The molecule has 0 amide bonds. The molecule has 3 aromatic carbocycles. The molecule has 0 saturated heterocycles. The number of carbonyl (C=O) groups excluding carboxylic acids is 1. The maximum Gasteiger partial charge on any atom is 0.338 e. The molecule has 11 heteroatoms. The van der Waals surface area contributed by atoms with E-state index in [-0.39, 0.29) is 30.5 Å². The number of ether oxygens (including phenoxy) is 4. The van der Waals surface area contributed by atoms with Crippen molar-refractivity contribution in [3.63, 3.8) is 0 Å². The monoisotopic (exact) mass is 710 g/mol. The molecule has 0 N–H and O–H groups in total. The predicted molar refractivity (Wildman–Crippen MR) is 179 cm³/mol. The van der Waals surface area contributed by atoms with Gasteiger partial charge in [0.05, 0.1) is 35.6 Å². The zero-order valence-electron chi connectivity index (χ0n) is 25.4. The van der Waals surface area contributed by atoms with E-state index >= 15 is 0 Å². The lowest BCUT2D eigenvalue weighted by Crippen LogP contribution is -2.40. The van der Waals surface area contributed by atoms with Crippen LogP contribution >= 0.6 is 38.9 Å². The second-order valence-corrected chi connectivity index (χ2v) is 12.8. The van der Waals surface area contributed by atoms with Gasteiger partial charge in [0, 0.05) is 20.6 Å². The number of methoxy groups -OCH3 is 1. The van der Waals surface area contributed by atoms with Crippen LogP contribution in [0.3, 0.4) is 0 Å². The van der Waals surface area contributed by atoms with Crippen LogP contribution in [-0.4, -0.2) is 30.4 Å². The SMILES string of the molecule is CCOC(=O)C1=C(C)N=c2s/c(=C\c3cc(Br)cc(OC)c3OCc3cccc(Cl)c3)c(=O)n2[C@H]1c1ccccc1OC(C)C. The van der Waals surface area contributed by atoms with E-state index in [0.29, 0.717) is 48.4 Å². The van der Waals surface area contributed by atoms with Gasteiger partial charge in [0.25, 0.3) is 5.56 Å². The van der Waals surface area contributed by atoms with Crippen LogP contribution in [0.15, 0.2) is 86.2 Å². The van der Waals surface area contributed by atoms with Crippen LogP contribution in [0.25, 0.3) is 6.08 Å². The van der Waals surface area contributed by atoms with Gasteiger partial charge < -0.3 is 18.9 Å². The number of halogens is 2. The van der Waals surface area contributed by atoms with Gasteiger partial charge in [-0.3, -0.25) is 9.36 Å². The van der Waals surface area contributed by atoms with Gasteiger partial charge in [-0.05, 0) is 69.7 Å². The number of benzene rings is 3. The molecule has 45 heavy (non-hydrogen) atoms. The van der Waals surface area contributed by atoms with Gasteiger partial charge in [-0.25, -0.2) is 9.79 Å². The van der Waals surface area contributed by atoms with Crippen LogP contribution < -0.4 is 29.1 Å². The number of allylic oxidation sites excluding steroid dienone is 1. The number of hydrogen-bond donors (Lipinski definition) is 0. The molecule has 4 aromatic rings. The summed E-state index contributed by atoms with van der Waals surface area (Å²) in [5.41, 5.74) is 2.59. The summed E-state index contributed by atoms with van der Waals surface area (Å²) in [6.07, 6.45) is 1.62. The summed E-state index contributed by atoms with van der Waals surface area (Å²) < 4.78 is 26.2. The number of thiazole rings is 1. The summed E-state index contributed by atoms with van der Waals surface area (Å²) in [5, 5.41) is 0.604. The third-order valence-electron chi connectivity index (χ3n) is 6.92. The highest BCUT2D eigenvalue weighted by Crippen LogP contribution is 2.38. The van der Waals surface area contributed by atoms with Gasteiger partial charge in [-0.1, -0.05) is 69.2 Å². The highest BCUT2D eigenvalue weighted by Gasteiger charge is 2.35. The Kier molecular flexibility index (Phi) is 10.2. The Hall–Kier alpha value is -3.86. The van der Waals surface area contributed by atoms with Crippen molar-refractivity contribution < 1.29 is 23.7 Å². The zero-order chi connectivity index (χ0) is 32.2. The number of nitrogens with zero attached hydrogens (tertiary/aromatic N) is 2. The van der Waals surface area contributed by atoms with Gasteiger partial charge in [0.2, 0.25) is 0 Å². The van der Waals surface area contributed by atoms with Crippen LogP contribution in [0.1, 0.15) is 50.4 Å². The molecule has 0 radical (unpaired) electrons. The molecule has 0 aliphatic carbocycles. The molecule has 1 atom stereocenters. The summed E-state index contributed by atoms with van der Waals surface area (Å²) >= 11 is 11.0. The number of carbonyl (C=O) groups is 1. The van der Waals surface area contributed by atoms with E-state index in [9.17, 15) is 9.59 Å². The smallest absolute Gasteiger partial charge is 0.338 e. The summed E-state index contributed by atoms with van der Waals surface area (Å²) in [6, 6.07) is 17.6. The second-order valence-electron chi connectivity index (χ2n) is 10.5. The Bertz CT molecular complexity index is 1970. The van der Waals surface area contributed by atoms with E-state index in [4.69, 9.17) is 35.5 Å². The highest BCUT2D eigenvalue weighted by molar-refractivity contribution is 9.10. The van der Waals surface area contributed by atoms with E-state index in [1.54, 1.807) is 43.7 Å². The standard InChI is InChI=1S/C34H32BrClN2O6S/c1-6-42-33(40)29-20(4)37-34-38(30(29)25-12-7-8-13-26(25)44-19(2)3)32(39)28(45-34)16-22-15-23(35)17-27(41-5)31(22)43-18-21-10-9-11-24(36)14-21/h7-17,19,30H,6,18H2,1-5H3/b28-16-/t30-/m0/s1. The molecular weight excluding hydrogens is 680 g/mol. The van der Waals surface area contributed by atoms with Gasteiger partial charge >= 0.3 is 5.97 Å². The van der Waals surface area contributed by atoms with Gasteiger partial charge in [-0.15, -0.1) is 0 Å². The summed E-state index contributed by atoms with van der Waals surface area (Å²) in [5.74, 6) is 0.980. The average Bonchev–Trinajstić information content (AvgIpc) is 3.29. The molecule has 0 saturated carbocycles. The van der Waals surface area contributed by atoms with Crippen molar-refractivity contribution in [2.24, 2.45) is 4.99 Å². The summed E-state index contributed by atoms with van der Waals surface area (Å²) in [7, 11) is 1.56. The molecule has 0 unspecified atom stereocenters. The average molecular weight is 712 g/mol. The number of fused-ring (bicyclic) bond motifs is 1. The van der Waals surface area contributed by atoms with Gasteiger partial charge in [-0.2, -0.15) is 0 Å². The molecular formula is C34H32BrClN2O6S. The predicted octanol–water partition coefficient (Wildman–Crippen LogP) is 6.59. The summed E-state index contributed by atoms with van der Waals surface area (Å²) in [6.45, 7) is 7.76. The Labute approximate surface area is 278 Å². The molecule has 0 spiro atoms. The Morgan fingerprint density at radius 2 is 1.91 bits per heavy atom. The molecule has 0 fully saturated rings. The molecule has 5 rings (SSSR count). The van der Waals surface area contributed by atoms with E-state index in [1.807, 2.05) is 62.4 Å². The minimum Gasteiger partial charge on any atom is -0.493 e. The largest absolute Gasteiger partial charge is 0.493 e. The normalized spacial score (nSPS) is 14.7. The molecule has 2 heterocycles. The first-order valence-electron chi connectivity index (χ1n) is 14.3. The Morgan fingerprint density at radius 1 is 1.13 bits per heavy atom. The quantitative estimate of drug-likeness (QED) is 0.173. The topological polar surface area (TPSA) is 88.4 Å². The van der Waals surface area contributed by atoms with Crippen LogP contribution in [0.2, 0.25) is 5.02 Å². The van der Waals surface area contributed by atoms with Crippen molar-refractivity contribution in [1.29, 1.82) is 0 Å². The van der Waals surface area contributed by atoms with Gasteiger partial charge in [0.15, 0.2) is 16.3 Å². The van der Waals surface area contributed by atoms with E-state index in [1.165, 1.54) is 11.3 Å². The lowest BCUT2D eigenvalue weighted by atomic mass is 9.95. The van der Waals surface area contributed by atoms with E-state index in [2.05, 4.69) is 15.9 Å². The van der Waals surface area contributed by atoms with Crippen molar-refractivity contribution >= 4 is 50.9 Å². The lowest BCUT2D eigenvalue weighted by Gasteiger charge is -2.26. The molecule has 8 nitrogen and oxygen atoms in total. The number of aromatic nitrogens is 1. The molecule has 1 aromatic heterocycles. The van der Waals surface area contributed by atoms with Crippen molar-refractivity contribution in [1.82, 2.24) is 4.57 Å². The molecule has 234 valence electrons. The number of hydrogen-bond acceptors (Lipinski definition) is 8. The van der Waals surface area contributed by atoms with Crippen LogP contribution in [0.4, 0.5) is 0 Å². The lowest BCUT2D eigenvalue weighted by molar-refractivity contribution is -0.139. The van der Waals surface area contributed by atoms with Crippen molar-refractivity contribution in [3.8, 4) is 17.2 Å². The third kappa shape index (κ3) is 7.03. The summed E-state index contributed by atoms with van der Waals surface area (Å²) in [4.78, 5) is 32.8. The molecule has 1 aliphatic heterocycles. The number of rotatable bonds is 10. The van der Waals surface area contributed by atoms with Crippen LogP contribution in [0, 0.1) is 0 Å². The zero-order valence-corrected chi connectivity index (χ0v) is 28.6. The minimum absolute atomic E-state index is 0.130. The maximum absolute atomic E-state index is 14.3. The van der Waals surface area contributed by atoms with Crippen LogP contribution in [-0.2, 0) is 16.1 Å². The molecule has 0 bridgehead atoms. The molecule has 1 aliphatic rings. The first kappa shape index (κ1) is 32.5. The van der Waals surface area contributed by atoms with Gasteiger partial charge in [0.1, 0.15) is 18.4 Å². The number of para-hydroxylation sites is 1. The third-order valence-corrected chi connectivity index (χ3v) is 8.60. The Morgan fingerprint density at radius 3 is 2.62 bits per heavy atom. The first-order chi connectivity index (χ1) is 21.6. The fourth-order valence-corrected chi connectivity index (χ4v) is 6.78.